The summed E-state index contributed by atoms with van der Waals surface area (Å²) in [4.78, 5) is 23.7. The molecule has 0 saturated carbocycles. The second kappa shape index (κ2) is 8.33. The molecule has 0 radical (unpaired) electrons. The highest BCUT2D eigenvalue weighted by Crippen LogP contribution is 2.21. The Morgan fingerprint density at radius 1 is 1.00 bits per heavy atom. The number of carbonyl (C=O) groups is 2. The van der Waals surface area contributed by atoms with Gasteiger partial charge in [-0.15, -0.1) is 0 Å². The number of benzene rings is 2. The predicted molar refractivity (Wildman–Crippen MR) is 98.9 cm³/mol. The second-order valence-electron chi connectivity index (χ2n) is 6.36. The first-order valence-electron chi connectivity index (χ1n) is 8.30. The molecule has 0 aromatic heterocycles. The molecule has 2 aromatic rings. The molecule has 0 spiro atoms. The third kappa shape index (κ3) is 5.35. The molecule has 2 N–H and O–H groups in total. The molecule has 0 aliphatic rings. The molecule has 132 valence electrons. The first kappa shape index (κ1) is 18.5. The van der Waals surface area contributed by atoms with Crippen molar-refractivity contribution in [1.29, 1.82) is 0 Å². The Hall–Kier alpha value is -2.82. The quantitative estimate of drug-likeness (QED) is 0.782. The minimum Gasteiger partial charge on any atom is -0.462 e. The normalized spacial score (nSPS) is 10.8. The van der Waals surface area contributed by atoms with Gasteiger partial charge in [0.05, 0.1) is 12.2 Å². The number of esters is 1. The van der Waals surface area contributed by atoms with Gasteiger partial charge in [0.2, 0.25) is 0 Å². The largest absolute Gasteiger partial charge is 0.462 e. The predicted octanol–water partition coefficient (Wildman–Crippen LogP) is 3.96. The van der Waals surface area contributed by atoms with Gasteiger partial charge in [0.15, 0.2) is 0 Å². The van der Waals surface area contributed by atoms with Crippen molar-refractivity contribution in [2.24, 2.45) is 0 Å². The van der Waals surface area contributed by atoms with Crippen molar-refractivity contribution in [2.45, 2.75) is 26.2 Å². The fourth-order valence-corrected chi connectivity index (χ4v) is 2.37. The lowest BCUT2D eigenvalue weighted by atomic mass is 9.85. The summed E-state index contributed by atoms with van der Waals surface area (Å²) in [5, 5.41) is 5.65. The fraction of sp³-hybridized carbons (Fsp3) is 0.300. The van der Waals surface area contributed by atoms with E-state index in [1.165, 1.54) is 0 Å². The summed E-state index contributed by atoms with van der Waals surface area (Å²) >= 11 is 0. The van der Waals surface area contributed by atoms with Crippen LogP contribution in [0.2, 0.25) is 0 Å². The van der Waals surface area contributed by atoms with Gasteiger partial charge in [0, 0.05) is 17.6 Å². The van der Waals surface area contributed by atoms with Crippen molar-refractivity contribution >= 4 is 17.7 Å². The van der Waals surface area contributed by atoms with Crippen LogP contribution in [0.5, 0.6) is 0 Å². The van der Waals surface area contributed by atoms with E-state index in [0.29, 0.717) is 24.4 Å². The number of amides is 2. The van der Waals surface area contributed by atoms with E-state index in [0.717, 1.165) is 5.56 Å². The number of ether oxygens (including phenoxy) is 1. The fourth-order valence-electron chi connectivity index (χ4n) is 2.37. The summed E-state index contributed by atoms with van der Waals surface area (Å²) in [7, 11) is 0. The van der Waals surface area contributed by atoms with Crippen molar-refractivity contribution in [3.63, 3.8) is 0 Å². The Kier molecular flexibility index (Phi) is 6.17. The van der Waals surface area contributed by atoms with Gasteiger partial charge in [-0.25, -0.2) is 9.59 Å². The van der Waals surface area contributed by atoms with Crippen molar-refractivity contribution in [2.75, 3.05) is 18.5 Å². The number of urea groups is 1. The van der Waals surface area contributed by atoms with Crippen molar-refractivity contribution in [3.05, 3.63) is 65.7 Å². The lowest BCUT2D eigenvalue weighted by molar-refractivity contribution is 0.0526. The van der Waals surface area contributed by atoms with Crippen LogP contribution in [0.3, 0.4) is 0 Å². The Morgan fingerprint density at radius 3 is 2.24 bits per heavy atom. The molecule has 5 heteroatoms. The minimum atomic E-state index is -0.372. The molecule has 2 rings (SSSR count). The molecule has 0 aliphatic heterocycles. The number of hydrogen-bond acceptors (Lipinski definition) is 3. The number of nitrogens with one attached hydrogen (secondary N) is 2. The lowest BCUT2D eigenvalue weighted by Gasteiger charge is -2.25. The van der Waals surface area contributed by atoms with Crippen molar-refractivity contribution in [1.82, 2.24) is 5.32 Å². The molecule has 0 aliphatic carbocycles. The van der Waals surface area contributed by atoms with Crippen LogP contribution < -0.4 is 10.6 Å². The number of carbonyl (C=O) groups excluding carboxylic acids is 2. The van der Waals surface area contributed by atoms with Crippen LogP contribution in [-0.2, 0) is 10.2 Å². The van der Waals surface area contributed by atoms with Crippen LogP contribution in [0.15, 0.2) is 54.6 Å². The van der Waals surface area contributed by atoms with Crippen LogP contribution in [0.4, 0.5) is 10.5 Å². The SMILES string of the molecule is CCOC(=O)c1ccc(NC(=O)NCC(C)(C)c2ccccc2)cc1. The monoisotopic (exact) mass is 340 g/mol. The average molecular weight is 340 g/mol. The van der Waals surface area contributed by atoms with Crippen molar-refractivity contribution in [3.8, 4) is 0 Å². The van der Waals surface area contributed by atoms with Gasteiger partial charge in [0.25, 0.3) is 0 Å². The average Bonchev–Trinajstić information content (AvgIpc) is 2.62. The lowest BCUT2D eigenvalue weighted by Crippen LogP contribution is -2.38. The summed E-state index contributed by atoms with van der Waals surface area (Å²) in [6.07, 6.45) is 0. The Morgan fingerprint density at radius 2 is 1.64 bits per heavy atom. The molecule has 5 nitrogen and oxygen atoms in total. The summed E-state index contributed by atoms with van der Waals surface area (Å²) in [5.74, 6) is -0.372. The first-order chi connectivity index (χ1) is 11.9. The van der Waals surface area contributed by atoms with Crippen LogP contribution in [0, 0.1) is 0 Å². The van der Waals surface area contributed by atoms with Gasteiger partial charge in [-0.2, -0.15) is 0 Å². The third-order valence-electron chi connectivity index (χ3n) is 3.90. The summed E-state index contributed by atoms with van der Waals surface area (Å²) in [5.41, 5.74) is 2.06. The standard InChI is InChI=1S/C20H24N2O3/c1-4-25-18(23)15-10-12-17(13-11-15)22-19(24)21-14-20(2,3)16-8-6-5-7-9-16/h5-13H,4,14H2,1-3H3,(H2,21,22,24). The highest BCUT2D eigenvalue weighted by atomic mass is 16.5. The summed E-state index contributed by atoms with van der Waals surface area (Å²) in [6, 6.07) is 16.4. The van der Waals surface area contributed by atoms with E-state index in [1.807, 2.05) is 30.3 Å². The van der Waals surface area contributed by atoms with E-state index in [2.05, 4.69) is 24.5 Å². The third-order valence-corrected chi connectivity index (χ3v) is 3.90. The molecule has 0 unspecified atom stereocenters. The van der Waals surface area contributed by atoms with Crippen LogP contribution in [-0.4, -0.2) is 25.2 Å². The van der Waals surface area contributed by atoms with Gasteiger partial charge >= 0.3 is 12.0 Å². The minimum absolute atomic E-state index is 0.174. The van der Waals surface area contributed by atoms with E-state index in [-0.39, 0.29) is 17.4 Å². The van der Waals surface area contributed by atoms with E-state index < -0.39 is 0 Å². The van der Waals surface area contributed by atoms with Crippen LogP contribution in [0.1, 0.15) is 36.7 Å². The Labute approximate surface area is 148 Å². The highest BCUT2D eigenvalue weighted by molar-refractivity contribution is 5.92. The van der Waals surface area contributed by atoms with E-state index in [1.54, 1.807) is 31.2 Å². The van der Waals surface area contributed by atoms with Gasteiger partial charge in [-0.05, 0) is 36.8 Å². The molecular weight excluding hydrogens is 316 g/mol. The van der Waals surface area contributed by atoms with Crippen molar-refractivity contribution < 1.29 is 14.3 Å². The van der Waals surface area contributed by atoms with Gasteiger partial charge in [-0.3, -0.25) is 0 Å². The molecule has 0 heterocycles. The number of hydrogen-bond donors (Lipinski definition) is 2. The Bertz CT molecular complexity index is 709. The maximum Gasteiger partial charge on any atom is 0.338 e. The summed E-state index contributed by atoms with van der Waals surface area (Å²) < 4.78 is 4.93. The topological polar surface area (TPSA) is 67.4 Å². The molecule has 25 heavy (non-hydrogen) atoms. The van der Waals surface area contributed by atoms with Gasteiger partial charge in [-0.1, -0.05) is 44.2 Å². The van der Waals surface area contributed by atoms with Gasteiger partial charge < -0.3 is 15.4 Å². The number of rotatable bonds is 6. The molecule has 0 atom stereocenters. The Balaban J connectivity index is 1.89. The zero-order chi connectivity index (χ0) is 18.3. The second-order valence-corrected chi connectivity index (χ2v) is 6.36. The maximum absolute atomic E-state index is 12.1. The number of anilines is 1. The van der Waals surface area contributed by atoms with E-state index in [4.69, 9.17) is 4.74 Å². The zero-order valence-corrected chi connectivity index (χ0v) is 14.8. The highest BCUT2D eigenvalue weighted by Gasteiger charge is 2.21. The van der Waals surface area contributed by atoms with E-state index >= 15 is 0 Å². The van der Waals surface area contributed by atoms with Gasteiger partial charge in [0.1, 0.15) is 0 Å². The molecule has 0 saturated heterocycles. The molecule has 0 bridgehead atoms. The molecule has 2 amide bonds. The summed E-state index contributed by atoms with van der Waals surface area (Å²) in [6.45, 7) is 6.75. The van der Waals surface area contributed by atoms with Crippen LogP contribution >= 0.6 is 0 Å². The molecular formula is C20H24N2O3. The van der Waals surface area contributed by atoms with E-state index in [9.17, 15) is 9.59 Å². The first-order valence-corrected chi connectivity index (χ1v) is 8.30. The smallest absolute Gasteiger partial charge is 0.338 e. The molecule has 0 fully saturated rings. The zero-order valence-electron chi connectivity index (χ0n) is 14.8. The molecule has 2 aromatic carbocycles. The van der Waals surface area contributed by atoms with Crippen LogP contribution in [0.25, 0.3) is 0 Å². The maximum atomic E-state index is 12.1.